The van der Waals surface area contributed by atoms with Gasteiger partial charge in [-0.1, -0.05) is 27.7 Å². The van der Waals surface area contributed by atoms with Gasteiger partial charge in [0.2, 0.25) is 0 Å². The van der Waals surface area contributed by atoms with Crippen LogP contribution in [0.25, 0.3) is 0 Å². The fraction of sp³-hybridized carbons (Fsp3) is 1.00. The molecule has 0 aromatic rings. The lowest BCUT2D eigenvalue weighted by atomic mass is 10.4. The zero-order valence-electron chi connectivity index (χ0n) is 11.4. The van der Waals surface area contributed by atoms with Gasteiger partial charge in [0.25, 0.3) is 0 Å². The second-order valence-electron chi connectivity index (χ2n) is 4.51. The molecule has 1 fully saturated rings. The zero-order valence-corrected chi connectivity index (χ0v) is 11.4. The molecule has 4 nitrogen and oxygen atoms in total. The van der Waals surface area contributed by atoms with Crippen molar-refractivity contribution in [1.29, 1.82) is 0 Å². The van der Waals surface area contributed by atoms with Crippen LogP contribution in [-0.2, 0) is 0 Å². The SMILES string of the molecule is CCN1CN(CC)CN(CC)CN(CC)C1. The molecule has 0 radical (unpaired) electrons. The van der Waals surface area contributed by atoms with E-state index in [9.17, 15) is 0 Å². The molecular weight excluding hydrogens is 200 g/mol. The first-order valence-electron chi connectivity index (χ1n) is 6.62. The van der Waals surface area contributed by atoms with Gasteiger partial charge in [-0.25, -0.2) is 0 Å². The minimum atomic E-state index is 1.10. The fourth-order valence-corrected chi connectivity index (χ4v) is 2.11. The van der Waals surface area contributed by atoms with Crippen LogP contribution in [0.2, 0.25) is 0 Å². The first-order chi connectivity index (χ1) is 7.73. The average Bonchev–Trinajstić information content (AvgIpc) is 2.29. The molecule has 1 saturated heterocycles. The second-order valence-corrected chi connectivity index (χ2v) is 4.51. The average molecular weight is 228 g/mol. The van der Waals surface area contributed by atoms with Gasteiger partial charge in [-0.05, 0) is 26.2 Å². The summed E-state index contributed by atoms with van der Waals surface area (Å²) in [6.07, 6.45) is 0. The highest BCUT2D eigenvalue weighted by molar-refractivity contribution is 4.66. The third-order valence-corrected chi connectivity index (χ3v) is 3.39. The largest absolute Gasteiger partial charge is 0.278 e. The molecule has 1 aliphatic rings. The molecule has 16 heavy (non-hydrogen) atoms. The second kappa shape index (κ2) is 7.22. The normalized spacial score (nSPS) is 23.2. The van der Waals surface area contributed by atoms with Gasteiger partial charge in [-0.3, -0.25) is 19.6 Å². The summed E-state index contributed by atoms with van der Waals surface area (Å²) in [4.78, 5) is 10.1. The van der Waals surface area contributed by atoms with Crippen LogP contribution in [0.4, 0.5) is 0 Å². The maximum Gasteiger partial charge on any atom is 0.0529 e. The van der Waals surface area contributed by atoms with Crippen LogP contribution in [0.5, 0.6) is 0 Å². The van der Waals surface area contributed by atoms with Gasteiger partial charge in [0, 0.05) is 0 Å². The predicted molar refractivity (Wildman–Crippen MR) is 69.0 cm³/mol. The number of hydrogen-bond donors (Lipinski definition) is 0. The van der Waals surface area contributed by atoms with Gasteiger partial charge in [0.15, 0.2) is 0 Å². The summed E-state index contributed by atoms with van der Waals surface area (Å²) in [6.45, 7) is 17.9. The van der Waals surface area contributed by atoms with Crippen LogP contribution >= 0.6 is 0 Å². The summed E-state index contributed by atoms with van der Waals surface area (Å²) in [6, 6.07) is 0. The Morgan fingerprint density at radius 1 is 0.500 bits per heavy atom. The van der Waals surface area contributed by atoms with E-state index in [4.69, 9.17) is 0 Å². The number of nitrogens with zero attached hydrogens (tertiary/aromatic N) is 4. The molecule has 1 aliphatic heterocycles. The van der Waals surface area contributed by atoms with E-state index in [0.717, 1.165) is 52.9 Å². The van der Waals surface area contributed by atoms with Gasteiger partial charge in [0.05, 0.1) is 26.7 Å². The van der Waals surface area contributed by atoms with E-state index in [1.54, 1.807) is 0 Å². The molecule has 0 aromatic carbocycles. The monoisotopic (exact) mass is 228 g/mol. The van der Waals surface area contributed by atoms with Gasteiger partial charge >= 0.3 is 0 Å². The van der Waals surface area contributed by atoms with Crippen molar-refractivity contribution in [3.63, 3.8) is 0 Å². The van der Waals surface area contributed by atoms with Crippen LogP contribution in [0.1, 0.15) is 27.7 Å². The Kier molecular flexibility index (Phi) is 6.28. The molecule has 0 spiro atoms. The summed E-state index contributed by atoms with van der Waals surface area (Å²) in [5, 5.41) is 0. The molecule has 4 heteroatoms. The quantitative estimate of drug-likeness (QED) is 0.715. The third-order valence-electron chi connectivity index (χ3n) is 3.39. The Hall–Kier alpha value is -0.160. The highest BCUT2D eigenvalue weighted by Crippen LogP contribution is 2.05. The third kappa shape index (κ3) is 4.01. The molecule has 0 N–H and O–H groups in total. The Balaban J connectivity index is 2.61. The molecule has 0 aromatic heterocycles. The summed E-state index contributed by atoms with van der Waals surface area (Å²) in [7, 11) is 0. The first-order valence-corrected chi connectivity index (χ1v) is 6.62. The van der Waals surface area contributed by atoms with Crippen LogP contribution in [0.15, 0.2) is 0 Å². The lowest BCUT2D eigenvalue weighted by Gasteiger charge is -2.41. The van der Waals surface area contributed by atoms with Crippen LogP contribution in [-0.4, -0.2) is 72.5 Å². The van der Waals surface area contributed by atoms with E-state index in [1.807, 2.05) is 0 Å². The van der Waals surface area contributed by atoms with Crippen LogP contribution in [0.3, 0.4) is 0 Å². The standard InChI is InChI=1S/C12H28N4/c1-5-13-9-14(6-2)11-16(8-4)12-15(7-3)10-13/h5-12H2,1-4H3. The van der Waals surface area contributed by atoms with Crippen molar-refractivity contribution in [3.05, 3.63) is 0 Å². The molecule has 0 atom stereocenters. The fourth-order valence-electron chi connectivity index (χ4n) is 2.11. The van der Waals surface area contributed by atoms with E-state index in [1.165, 1.54) is 0 Å². The molecular formula is C12H28N4. The van der Waals surface area contributed by atoms with Crippen molar-refractivity contribution < 1.29 is 0 Å². The van der Waals surface area contributed by atoms with E-state index in [-0.39, 0.29) is 0 Å². The zero-order chi connectivity index (χ0) is 12.0. The van der Waals surface area contributed by atoms with Crippen LogP contribution in [0, 0.1) is 0 Å². The lowest BCUT2D eigenvalue weighted by molar-refractivity contribution is -0.0212. The van der Waals surface area contributed by atoms with Crippen LogP contribution < -0.4 is 0 Å². The lowest BCUT2D eigenvalue weighted by Crippen LogP contribution is -2.54. The molecule has 1 rings (SSSR count). The summed E-state index contributed by atoms with van der Waals surface area (Å²) >= 11 is 0. The Morgan fingerprint density at radius 3 is 0.812 bits per heavy atom. The molecule has 0 amide bonds. The molecule has 0 unspecified atom stereocenters. The highest BCUT2D eigenvalue weighted by atomic mass is 15.5. The van der Waals surface area contributed by atoms with Gasteiger partial charge in [-0.2, -0.15) is 0 Å². The maximum absolute atomic E-state index is 2.51. The van der Waals surface area contributed by atoms with Gasteiger partial charge < -0.3 is 0 Å². The molecule has 0 saturated carbocycles. The predicted octanol–water partition coefficient (Wildman–Crippen LogP) is 1.12. The molecule has 96 valence electrons. The van der Waals surface area contributed by atoms with E-state index < -0.39 is 0 Å². The summed E-state index contributed by atoms with van der Waals surface area (Å²) < 4.78 is 0. The topological polar surface area (TPSA) is 13.0 Å². The van der Waals surface area contributed by atoms with Crippen molar-refractivity contribution in [2.45, 2.75) is 27.7 Å². The number of hydrogen-bond acceptors (Lipinski definition) is 4. The van der Waals surface area contributed by atoms with Crippen molar-refractivity contribution in [3.8, 4) is 0 Å². The summed E-state index contributed by atoms with van der Waals surface area (Å²) in [5.41, 5.74) is 0. The van der Waals surface area contributed by atoms with Gasteiger partial charge in [0.1, 0.15) is 0 Å². The van der Waals surface area contributed by atoms with E-state index in [0.29, 0.717) is 0 Å². The van der Waals surface area contributed by atoms with Gasteiger partial charge in [-0.15, -0.1) is 0 Å². The number of rotatable bonds is 4. The Morgan fingerprint density at radius 2 is 0.688 bits per heavy atom. The molecule has 0 aliphatic carbocycles. The van der Waals surface area contributed by atoms with Crippen molar-refractivity contribution in [1.82, 2.24) is 19.6 Å². The maximum atomic E-state index is 2.51. The first kappa shape index (κ1) is 13.9. The smallest absolute Gasteiger partial charge is 0.0529 e. The van der Waals surface area contributed by atoms with E-state index >= 15 is 0 Å². The van der Waals surface area contributed by atoms with Crippen molar-refractivity contribution in [2.75, 3.05) is 52.9 Å². The Bertz CT molecular complexity index is 138. The minimum Gasteiger partial charge on any atom is -0.278 e. The van der Waals surface area contributed by atoms with Crippen molar-refractivity contribution in [2.24, 2.45) is 0 Å². The van der Waals surface area contributed by atoms with Crippen molar-refractivity contribution >= 4 is 0 Å². The Labute approximate surface area is 101 Å². The highest BCUT2D eigenvalue weighted by Gasteiger charge is 2.19. The molecule has 0 bridgehead atoms. The molecule has 1 heterocycles. The summed E-state index contributed by atoms with van der Waals surface area (Å²) in [5.74, 6) is 0. The minimum absolute atomic E-state index is 1.10. The van der Waals surface area contributed by atoms with E-state index in [2.05, 4.69) is 47.3 Å².